The van der Waals surface area contributed by atoms with E-state index in [1.807, 2.05) is 0 Å². The molecule has 0 aliphatic heterocycles. The van der Waals surface area contributed by atoms with Crippen molar-refractivity contribution in [2.45, 2.75) is 37.6 Å². The summed E-state index contributed by atoms with van der Waals surface area (Å²) in [5.74, 6) is 0.129. The lowest BCUT2D eigenvalue weighted by Crippen LogP contribution is -2.42. The van der Waals surface area contributed by atoms with Gasteiger partial charge in [-0.2, -0.15) is 0 Å². The first kappa shape index (κ1) is 43.3. The van der Waals surface area contributed by atoms with Crippen LogP contribution in [0.2, 0.25) is 0 Å². The predicted octanol–water partition coefficient (Wildman–Crippen LogP) is 17.8. The molecule has 1 spiro atoms. The van der Waals surface area contributed by atoms with Crippen molar-refractivity contribution < 1.29 is 0 Å². The molecule has 0 aromatic heterocycles. The van der Waals surface area contributed by atoms with Crippen molar-refractivity contribution in [3.8, 4) is 55.6 Å². The third kappa shape index (κ3) is 6.71. The lowest BCUT2D eigenvalue weighted by atomic mass is 9.55. The molecular weight excluding hydrogens is 867 g/mol. The second kappa shape index (κ2) is 17.3. The second-order valence-electron chi connectivity index (χ2n) is 20.2. The van der Waals surface area contributed by atoms with Crippen molar-refractivity contribution in [1.29, 1.82) is 0 Å². The lowest BCUT2D eigenvalue weighted by molar-refractivity contribution is 0.558. The highest BCUT2D eigenvalue weighted by atomic mass is 15.2. The molecule has 342 valence electrons. The third-order valence-electron chi connectivity index (χ3n) is 15.9. The first-order valence-corrected chi connectivity index (χ1v) is 25.4. The van der Waals surface area contributed by atoms with E-state index < -0.39 is 5.41 Å². The number of fused-ring (bicyclic) bond motifs is 8. The SMILES string of the molecule is CC1C=CC2=C(c3ccccc3C23c2ccc#cc2C(C)(C)c2ccccc23)C1N(c1ccc(-c2ccc(-c3ccccc3)cc2)cc1)c1ccccc1-c1ccccc1-c1ccccc1-c1ccccc1. The summed E-state index contributed by atoms with van der Waals surface area (Å²) in [6.45, 7) is 7.13. The van der Waals surface area contributed by atoms with Crippen LogP contribution in [0.5, 0.6) is 0 Å². The molecule has 0 saturated heterocycles. The Morgan fingerprint density at radius 1 is 0.403 bits per heavy atom. The molecule has 10 aromatic carbocycles. The first-order chi connectivity index (χ1) is 35.4. The second-order valence-corrected chi connectivity index (χ2v) is 20.2. The fourth-order valence-electron chi connectivity index (χ4n) is 12.7. The minimum absolute atomic E-state index is 0.0868. The predicted molar refractivity (Wildman–Crippen MR) is 300 cm³/mol. The van der Waals surface area contributed by atoms with Crippen molar-refractivity contribution in [3.63, 3.8) is 0 Å². The van der Waals surface area contributed by atoms with Gasteiger partial charge in [0.2, 0.25) is 0 Å². The van der Waals surface area contributed by atoms with E-state index in [-0.39, 0.29) is 17.4 Å². The normalized spacial score (nSPS) is 16.5. The maximum atomic E-state index is 3.70. The smallest absolute Gasteiger partial charge is 0.0723 e. The van der Waals surface area contributed by atoms with Crippen LogP contribution in [-0.4, -0.2) is 6.04 Å². The van der Waals surface area contributed by atoms with E-state index in [4.69, 9.17) is 0 Å². The summed E-state index contributed by atoms with van der Waals surface area (Å²) in [4.78, 5) is 2.68. The number of hydrogen-bond acceptors (Lipinski definition) is 1. The topological polar surface area (TPSA) is 3.24 Å². The number of para-hydroxylation sites is 1. The molecule has 3 aliphatic rings. The van der Waals surface area contributed by atoms with E-state index in [0.717, 1.165) is 11.4 Å². The van der Waals surface area contributed by atoms with Crippen LogP contribution in [0, 0.1) is 18.1 Å². The van der Waals surface area contributed by atoms with E-state index >= 15 is 0 Å². The van der Waals surface area contributed by atoms with Crippen LogP contribution in [0.4, 0.5) is 11.4 Å². The van der Waals surface area contributed by atoms with Gasteiger partial charge in [0.05, 0.1) is 11.5 Å². The van der Waals surface area contributed by atoms with Gasteiger partial charge in [-0.25, -0.2) is 0 Å². The van der Waals surface area contributed by atoms with E-state index in [9.17, 15) is 0 Å². The molecule has 10 aromatic rings. The van der Waals surface area contributed by atoms with E-state index in [0.29, 0.717) is 0 Å². The molecule has 1 heteroatoms. The molecule has 72 heavy (non-hydrogen) atoms. The van der Waals surface area contributed by atoms with Crippen LogP contribution in [-0.2, 0) is 10.8 Å². The summed E-state index contributed by atoms with van der Waals surface area (Å²) >= 11 is 0. The Morgan fingerprint density at radius 2 is 0.875 bits per heavy atom. The van der Waals surface area contributed by atoms with E-state index in [1.54, 1.807) is 0 Å². The molecule has 0 heterocycles. The summed E-state index contributed by atoms with van der Waals surface area (Å²) in [6, 6.07) is 96.6. The maximum absolute atomic E-state index is 3.70. The van der Waals surface area contributed by atoms with Gasteiger partial charge in [-0.1, -0.05) is 257 Å². The van der Waals surface area contributed by atoms with Gasteiger partial charge in [-0.15, -0.1) is 0 Å². The largest absolute Gasteiger partial charge is 0.333 e. The minimum Gasteiger partial charge on any atom is -0.333 e. The van der Waals surface area contributed by atoms with Crippen molar-refractivity contribution in [3.05, 3.63) is 306 Å². The molecule has 3 atom stereocenters. The first-order valence-electron chi connectivity index (χ1n) is 25.4. The number of rotatable bonds is 8. The van der Waals surface area contributed by atoms with Crippen LogP contribution in [0.3, 0.4) is 0 Å². The van der Waals surface area contributed by atoms with E-state index in [2.05, 4.69) is 293 Å². The summed E-state index contributed by atoms with van der Waals surface area (Å²) in [6.07, 6.45) is 4.97. The Morgan fingerprint density at radius 3 is 1.53 bits per heavy atom. The zero-order chi connectivity index (χ0) is 48.4. The van der Waals surface area contributed by atoms with Crippen molar-refractivity contribution >= 4 is 16.9 Å². The highest BCUT2D eigenvalue weighted by Crippen LogP contribution is 2.64. The average Bonchev–Trinajstić information content (AvgIpc) is 3.75. The molecule has 1 nitrogen and oxygen atoms in total. The molecule has 0 bridgehead atoms. The van der Waals surface area contributed by atoms with Crippen LogP contribution in [0.1, 0.15) is 54.2 Å². The fraction of sp³-hybridized carbons (Fsp3) is 0.0986. The number of allylic oxidation sites excluding steroid dienone is 2. The van der Waals surface area contributed by atoms with Crippen LogP contribution >= 0.6 is 0 Å². The van der Waals surface area contributed by atoms with Crippen molar-refractivity contribution in [2.24, 2.45) is 5.92 Å². The lowest BCUT2D eigenvalue weighted by Gasteiger charge is -2.47. The zero-order valence-electron chi connectivity index (χ0n) is 40.9. The number of anilines is 2. The van der Waals surface area contributed by atoms with Gasteiger partial charge in [0.1, 0.15) is 0 Å². The molecule has 0 amide bonds. The average molecular weight is 920 g/mol. The fourth-order valence-corrected chi connectivity index (χ4v) is 12.7. The Labute approximate surface area is 424 Å². The molecule has 0 radical (unpaired) electrons. The van der Waals surface area contributed by atoms with Crippen LogP contribution < -0.4 is 4.90 Å². The highest BCUT2D eigenvalue weighted by Gasteiger charge is 2.56. The van der Waals surface area contributed by atoms with E-state index in [1.165, 1.54) is 100 Å². The van der Waals surface area contributed by atoms with Crippen LogP contribution in [0.25, 0.3) is 61.2 Å². The Bertz CT molecular complexity index is 3670. The quantitative estimate of drug-likeness (QED) is 0.147. The molecule has 13 rings (SSSR count). The Kier molecular flexibility index (Phi) is 10.4. The molecular formula is C71H53N. The molecule has 3 unspecified atom stereocenters. The van der Waals surface area contributed by atoms with Crippen molar-refractivity contribution in [2.75, 3.05) is 4.90 Å². The Balaban J connectivity index is 1.04. The third-order valence-corrected chi connectivity index (χ3v) is 15.9. The molecule has 0 saturated carbocycles. The monoisotopic (exact) mass is 919 g/mol. The van der Waals surface area contributed by atoms with Gasteiger partial charge in [-0.3, -0.25) is 0 Å². The maximum Gasteiger partial charge on any atom is 0.0723 e. The summed E-state index contributed by atoms with van der Waals surface area (Å²) in [7, 11) is 0. The van der Waals surface area contributed by atoms with Gasteiger partial charge in [-0.05, 0) is 125 Å². The molecule has 3 aliphatic carbocycles. The van der Waals surface area contributed by atoms with Gasteiger partial charge in [0.15, 0.2) is 0 Å². The minimum atomic E-state index is -0.553. The number of benzene rings is 9. The number of hydrogen-bond donors (Lipinski definition) is 0. The zero-order valence-corrected chi connectivity index (χ0v) is 40.9. The van der Waals surface area contributed by atoms with Crippen LogP contribution in [0.15, 0.2) is 260 Å². The number of nitrogens with zero attached hydrogens (tertiary/aromatic N) is 1. The Hall–Kier alpha value is -8.70. The summed E-state index contributed by atoms with van der Waals surface area (Å²) < 4.78 is 0. The summed E-state index contributed by atoms with van der Waals surface area (Å²) in [5, 5.41) is 0. The summed E-state index contributed by atoms with van der Waals surface area (Å²) in [5.41, 5.74) is 24.0. The van der Waals surface area contributed by atoms with Gasteiger partial charge < -0.3 is 4.90 Å². The van der Waals surface area contributed by atoms with Gasteiger partial charge >= 0.3 is 0 Å². The standard InChI is InChI=1S/C71H53N/c1-48-38-47-66-68(60-31-14-16-32-61(60)71(66)64-35-19-17-33-62(64)70(2,3)63-34-18-20-36-65(63)71)69(48)72(54-45-43-52(44-46-54)51-41-39-50(40-42-51)49-22-6-4-7-23-49)67-37-21-15-30-59(67)58-29-13-12-28-57(58)56-27-11-10-26-55(56)53-24-8-5-9-25-53/h4-17,19-33,35-48,69H,1-3H3. The van der Waals surface area contributed by atoms with Crippen molar-refractivity contribution in [1.82, 2.24) is 0 Å². The molecule has 0 N–H and O–H groups in total. The van der Waals surface area contributed by atoms with Gasteiger partial charge in [0.25, 0.3) is 0 Å². The highest BCUT2D eigenvalue weighted by molar-refractivity contribution is 5.99. The molecule has 0 fully saturated rings. The van der Waals surface area contributed by atoms with Gasteiger partial charge in [0, 0.05) is 27.9 Å².